The highest BCUT2D eigenvalue weighted by atomic mass is 35.5. The second-order valence-corrected chi connectivity index (χ2v) is 5.60. The minimum Gasteiger partial charge on any atom is -0.438 e. The standard InChI is InChI=1S/C19H12ClN3O/c20-14-7-9-15(10-8-14)24-19-16-5-1-2-6-17(16)22-18(23-19)13-4-3-11-21-12-13/h1-12H. The van der Waals surface area contributed by atoms with E-state index < -0.39 is 0 Å². The third-order valence-corrected chi connectivity index (χ3v) is 3.77. The Bertz CT molecular complexity index is 988. The Morgan fingerprint density at radius 2 is 1.67 bits per heavy atom. The Morgan fingerprint density at radius 1 is 0.833 bits per heavy atom. The van der Waals surface area contributed by atoms with Crippen molar-refractivity contribution in [2.24, 2.45) is 0 Å². The van der Waals surface area contributed by atoms with Crippen molar-refractivity contribution in [1.82, 2.24) is 15.0 Å². The summed E-state index contributed by atoms with van der Waals surface area (Å²) in [5, 5.41) is 1.51. The summed E-state index contributed by atoms with van der Waals surface area (Å²) in [5.41, 5.74) is 1.65. The minimum absolute atomic E-state index is 0.502. The predicted molar refractivity (Wildman–Crippen MR) is 94.3 cm³/mol. The van der Waals surface area contributed by atoms with Crippen molar-refractivity contribution in [2.75, 3.05) is 0 Å². The molecule has 5 heteroatoms. The highest BCUT2D eigenvalue weighted by Gasteiger charge is 2.11. The van der Waals surface area contributed by atoms with Gasteiger partial charge in [-0.05, 0) is 48.5 Å². The molecule has 4 rings (SSSR count). The lowest BCUT2D eigenvalue weighted by Crippen LogP contribution is -1.96. The molecule has 0 aliphatic carbocycles. The van der Waals surface area contributed by atoms with Gasteiger partial charge in [-0.15, -0.1) is 0 Å². The van der Waals surface area contributed by atoms with Crippen molar-refractivity contribution < 1.29 is 4.74 Å². The number of ether oxygens (including phenoxy) is 1. The monoisotopic (exact) mass is 333 g/mol. The Balaban J connectivity index is 1.85. The van der Waals surface area contributed by atoms with Crippen LogP contribution in [0.25, 0.3) is 22.3 Å². The first-order valence-corrected chi connectivity index (χ1v) is 7.78. The first-order valence-electron chi connectivity index (χ1n) is 7.40. The Hall–Kier alpha value is -2.98. The fourth-order valence-corrected chi connectivity index (χ4v) is 2.49. The first kappa shape index (κ1) is 14.6. The topological polar surface area (TPSA) is 47.9 Å². The summed E-state index contributed by atoms with van der Waals surface area (Å²) in [6, 6.07) is 18.7. The van der Waals surface area contributed by atoms with Gasteiger partial charge in [0.05, 0.1) is 10.9 Å². The van der Waals surface area contributed by atoms with Crippen LogP contribution in [-0.4, -0.2) is 15.0 Å². The van der Waals surface area contributed by atoms with Crippen molar-refractivity contribution in [3.63, 3.8) is 0 Å². The van der Waals surface area contributed by atoms with E-state index in [4.69, 9.17) is 16.3 Å². The second-order valence-electron chi connectivity index (χ2n) is 5.17. The van der Waals surface area contributed by atoms with Crippen molar-refractivity contribution in [1.29, 1.82) is 0 Å². The lowest BCUT2D eigenvalue weighted by Gasteiger charge is -2.10. The molecule has 0 saturated carbocycles. The summed E-state index contributed by atoms with van der Waals surface area (Å²) in [7, 11) is 0. The number of halogens is 1. The van der Waals surface area contributed by atoms with Crippen LogP contribution in [0.15, 0.2) is 73.1 Å². The summed E-state index contributed by atoms with van der Waals surface area (Å²) in [5.74, 6) is 1.74. The van der Waals surface area contributed by atoms with Crippen molar-refractivity contribution in [3.8, 4) is 23.0 Å². The van der Waals surface area contributed by atoms with Gasteiger partial charge in [0.1, 0.15) is 5.75 Å². The highest BCUT2D eigenvalue weighted by Crippen LogP contribution is 2.30. The number of rotatable bonds is 3. The van der Waals surface area contributed by atoms with E-state index in [1.165, 1.54) is 0 Å². The molecule has 4 aromatic rings. The Morgan fingerprint density at radius 3 is 2.46 bits per heavy atom. The minimum atomic E-state index is 0.502. The molecule has 2 aromatic heterocycles. The lowest BCUT2D eigenvalue weighted by molar-refractivity contribution is 0.469. The third-order valence-electron chi connectivity index (χ3n) is 3.52. The maximum Gasteiger partial charge on any atom is 0.230 e. The molecule has 0 bridgehead atoms. The molecule has 116 valence electrons. The third kappa shape index (κ3) is 2.92. The zero-order chi connectivity index (χ0) is 16.4. The number of aromatic nitrogens is 3. The maximum absolute atomic E-state index is 5.98. The van der Waals surface area contributed by atoms with E-state index in [0.29, 0.717) is 22.5 Å². The molecule has 2 heterocycles. The number of fused-ring (bicyclic) bond motifs is 1. The van der Waals surface area contributed by atoms with Crippen molar-refractivity contribution >= 4 is 22.5 Å². The zero-order valence-corrected chi connectivity index (χ0v) is 13.3. The van der Waals surface area contributed by atoms with Gasteiger partial charge in [0.15, 0.2) is 5.82 Å². The van der Waals surface area contributed by atoms with Crippen LogP contribution in [0.5, 0.6) is 11.6 Å². The zero-order valence-electron chi connectivity index (χ0n) is 12.6. The summed E-state index contributed by atoms with van der Waals surface area (Å²) >= 11 is 5.93. The maximum atomic E-state index is 5.98. The van der Waals surface area contributed by atoms with E-state index >= 15 is 0 Å². The van der Waals surface area contributed by atoms with Crippen LogP contribution < -0.4 is 4.74 Å². The highest BCUT2D eigenvalue weighted by molar-refractivity contribution is 6.30. The lowest BCUT2D eigenvalue weighted by atomic mass is 10.2. The molecule has 0 saturated heterocycles. The first-order chi connectivity index (χ1) is 11.8. The molecular weight excluding hydrogens is 322 g/mol. The van der Waals surface area contributed by atoms with Crippen molar-refractivity contribution in [3.05, 3.63) is 78.1 Å². The molecule has 4 nitrogen and oxygen atoms in total. The van der Waals surface area contributed by atoms with Gasteiger partial charge in [0.25, 0.3) is 0 Å². The Labute approximate surface area is 143 Å². The van der Waals surface area contributed by atoms with Gasteiger partial charge in [0.2, 0.25) is 5.88 Å². The van der Waals surface area contributed by atoms with Gasteiger partial charge in [-0.25, -0.2) is 4.98 Å². The Kier molecular flexibility index (Phi) is 3.81. The van der Waals surface area contributed by atoms with Gasteiger partial charge >= 0.3 is 0 Å². The molecule has 0 amide bonds. The van der Waals surface area contributed by atoms with Crippen LogP contribution in [0.2, 0.25) is 5.02 Å². The van der Waals surface area contributed by atoms with Gasteiger partial charge in [-0.3, -0.25) is 4.98 Å². The molecular formula is C19H12ClN3O. The molecule has 0 aliphatic heterocycles. The quantitative estimate of drug-likeness (QED) is 0.521. The molecule has 0 spiro atoms. The fraction of sp³-hybridized carbons (Fsp3) is 0. The van der Waals surface area contributed by atoms with E-state index in [2.05, 4.69) is 15.0 Å². The van der Waals surface area contributed by atoms with Gasteiger partial charge in [-0.1, -0.05) is 23.7 Å². The van der Waals surface area contributed by atoms with Gasteiger partial charge < -0.3 is 4.74 Å². The van der Waals surface area contributed by atoms with Crippen LogP contribution in [-0.2, 0) is 0 Å². The second kappa shape index (κ2) is 6.26. The van der Waals surface area contributed by atoms with E-state index in [1.807, 2.05) is 48.5 Å². The number of hydrogen-bond donors (Lipinski definition) is 0. The molecule has 24 heavy (non-hydrogen) atoms. The number of nitrogens with zero attached hydrogens (tertiary/aromatic N) is 3. The summed E-state index contributed by atoms with van der Waals surface area (Å²) in [6.07, 6.45) is 3.45. The normalized spacial score (nSPS) is 10.7. The van der Waals surface area contributed by atoms with Crippen LogP contribution in [0.1, 0.15) is 0 Å². The number of pyridine rings is 1. The molecule has 2 aromatic carbocycles. The average molecular weight is 334 g/mol. The van der Waals surface area contributed by atoms with Crippen LogP contribution >= 0.6 is 11.6 Å². The van der Waals surface area contributed by atoms with E-state index in [1.54, 1.807) is 24.5 Å². The summed E-state index contributed by atoms with van der Waals surface area (Å²) in [4.78, 5) is 13.3. The summed E-state index contributed by atoms with van der Waals surface area (Å²) in [6.45, 7) is 0. The molecule has 0 N–H and O–H groups in total. The van der Waals surface area contributed by atoms with Crippen LogP contribution in [0.3, 0.4) is 0 Å². The predicted octanol–water partition coefficient (Wildman–Crippen LogP) is 5.14. The van der Waals surface area contributed by atoms with Crippen molar-refractivity contribution in [2.45, 2.75) is 0 Å². The van der Waals surface area contributed by atoms with Crippen LogP contribution in [0, 0.1) is 0 Å². The largest absolute Gasteiger partial charge is 0.438 e. The summed E-state index contributed by atoms with van der Waals surface area (Å²) < 4.78 is 5.98. The molecule has 0 unspecified atom stereocenters. The number of para-hydroxylation sites is 1. The number of benzene rings is 2. The fourth-order valence-electron chi connectivity index (χ4n) is 2.36. The number of hydrogen-bond acceptors (Lipinski definition) is 4. The molecule has 0 fully saturated rings. The molecule has 0 aliphatic rings. The molecule has 0 radical (unpaired) electrons. The van der Waals surface area contributed by atoms with E-state index in [9.17, 15) is 0 Å². The van der Waals surface area contributed by atoms with Crippen LogP contribution in [0.4, 0.5) is 0 Å². The van der Waals surface area contributed by atoms with E-state index in [0.717, 1.165) is 16.5 Å². The average Bonchev–Trinajstić information content (AvgIpc) is 2.64. The molecule has 0 atom stereocenters. The van der Waals surface area contributed by atoms with Gasteiger partial charge in [-0.2, -0.15) is 4.98 Å². The SMILES string of the molecule is Clc1ccc(Oc2nc(-c3cccnc3)nc3ccccc23)cc1. The smallest absolute Gasteiger partial charge is 0.230 e. The van der Waals surface area contributed by atoms with E-state index in [-0.39, 0.29) is 0 Å². The van der Waals surface area contributed by atoms with Gasteiger partial charge in [0, 0.05) is 23.0 Å².